The van der Waals surface area contributed by atoms with Crippen molar-refractivity contribution in [3.63, 3.8) is 0 Å². The minimum atomic E-state index is 0.596. The normalized spacial score (nSPS) is 10.3. The topological polar surface area (TPSA) is 24.1 Å². The number of aryl methyl sites for hydroxylation is 2. The molecule has 0 fully saturated rings. The fraction of sp³-hybridized carbons (Fsp3) is 0.462. The fourth-order valence-corrected chi connectivity index (χ4v) is 1.72. The molecule has 0 heterocycles. The van der Waals surface area contributed by atoms with Crippen molar-refractivity contribution < 1.29 is 0 Å². The lowest BCUT2D eigenvalue weighted by Crippen LogP contribution is -2.31. The molecule has 2 N–H and O–H groups in total. The van der Waals surface area contributed by atoms with E-state index in [2.05, 4.69) is 56.5 Å². The van der Waals surface area contributed by atoms with Crippen molar-refractivity contribution in [2.24, 2.45) is 5.92 Å². The van der Waals surface area contributed by atoms with Gasteiger partial charge in [-0.3, -0.25) is 0 Å². The third-order valence-electron chi connectivity index (χ3n) is 2.15. The van der Waals surface area contributed by atoms with E-state index in [1.807, 2.05) is 0 Å². The summed E-state index contributed by atoms with van der Waals surface area (Å²) in [6.45, 7) is 9.39. The SMILES string of the molecule is Cc1cc(C)cc(NC(=S)NCC(C)C)c1. The van der Waals surface area contributed by atoms with Crippen LogP contribution in [0.4, 0.5) is 5.69 Å². The molecule has 0 aromatic heterocycles. The number of anilines is 1. The summed E-state index contributed by atoms with van der Waals surface area (Å²) in [4.78, 5) is 0. The highest BCUT2D eigenvalue weighted by Gasteiger charge is 2.00. The van der Waals surface area contributed by atoms with Crippen LogP contribution in [0.15, 0.2) is 18.2 Å². The van der Waals surface area contributed by atoms with Gasteiger partial charge in [-0.15, -0.1) is 0 Å². The van der Waals surface area contributed by atoms with Gasteiger partial charge in [-0.05, 0) is 55.2 Å². The molecule has 2 nitrogen and oxygen atoms in total. The lowest BCUT2D eigenvalue weighted by molar-refractivity contribution is 0.627. The fourth-order valence-electron chi connectivity index (χ4n) is 1.52. The Morgan fingerprint density at radius 1 is 1.19 bits per heavy atom. The highest BCUT2D eigenvalue weighted by Crippen LogP contribution is 2.13. The maximum Gasteiger partial charge on any atom is 0.170 e. The van der Waals surface area contributed by atoms with Gasteiger partial charge in [0.05, 0.1) is 0 Å². The van der Waals surface area contributed by atoms with Gasteiger partial charge >= 0.3 is 0 Å². The average Bonchev–Trinajstić information content (AvgIpc) is 2.12. The van der Waals surface area contributed by atoms with Crippen LogP contribution in [0.1, 0.15) is 25.0 Å². The molecule has 1 rings (SSSR count). The maximum atomic E-state index is 5.22. The van der Waals surface area contributed by atoms with Crippen LogP contribution in [0, 0.1) is 19.8 Å². The number of hydrogen-bond donors (Lipinski definition) is 2. The highest BCUT2D eigenvalue weighted by molar-refractivity contribution is 7.80. The summed E-state index contributed by atoms with van der Waals surface area (Å²) in [7, 11) is 0. The standard InChI is InChI=1S/C13H20N2S/c1-9(2)8-14-13(16)15-12-6-10(3)5-11(4)7-12/h5-7,9H,8H2,1-4H3,(H2,14,15,16). The molecule has 0 unspecified atom stereocenters. The van der Waals surface area contributed by atoms with Crippen LogP contribution >= 0.6 is 12.2 Å². The summed E-state index contributed by atoms with van der Waals surface area (Å²) in [6.07, 6.45) is 0. The van der Waals surface area contributed by atoms with Crippen LogP contribution < -0.4 is 10.6 Å². The van der Waals surface area contributed by atoms with E-state index in [0.717, 1.165) is 12.2 Å². The Hall–Kier alpha value is -1.09. The first-order valence-corrected chi connectivity index (χ1v) is 6.01. The second-order valence-electron chi connectivity index (χ2n) is 4.61. The first kappa shape index (κ1) is 13.0. The molecule has 0 saturated carbocycles. The summed E-state index contributed by atoms with van der Waals surface area (Å²) in [5, 5.41) is 7.08. The molecule has 0 atom stereocenters. The molecule has 16 heavy (non-hydrogen) atoms. The van der Waals surface area contributed by atoms with Crippen LogP contribution in [0.2, 0.25) is 0 Å². The predicted octanol–water partition coefficient (Wildman–Crippen LogP) is 3.25. The van der Waals surface area contributed by atoms with Gasteiger partial charge in [0, 0.05) is 12.2 Å². The van der Waals surface area contributed by atoms with E-state index < -0.39 is 0 Å². The molecule has 0 saturated heterocycles. The quantitative estimate of drug-likeness (QED) is 0.788. The monoisotopic (exact) mass is 236 g/mol. The Bertz CT molecular complexity index is 352. The van der Waals surface area contributed by atoms with Gasteiger partial charge in [0.1, 0.15) is 0 Å². The van der Waals surface area contributed by atoms with Crippen molar-refractivity contribution in [1.29, 1.82) is 0 Å². The Balaban J connectivity index is 2.56. The molecule has 0 amide bonds. The van der Waals surface area contributed by atoms with Crippen molar-refractivity contribution in [1.82, 2.24) is 5.32 Å². The van der Waals surface area contributed by atoms with Gasteiger partial charge in [-0.25, -0.2) is 0 Å². The second-order valence-corrected chi connectivity index (χ2v) is 5.01. The zero-order valence-corrected chi connectivity index (χ0v) is 11.2. The molecule has 88 valence electrons. The minimum Gasteiger partial charge on any atom is -0.362 e. The van der Waals surface area contributed by atoms with Crippen LogP contribution in [0.25, 0.3) is 0 Å². The molecule has 0 aliphatic heterocycles. The number of hydrogen-bond acceptors (Lipinski definition) is 1. The summed E-state index contributed by atoms with van der Waals surface area (Å²) in [5.41, 5.74) is 3.54. The Kier molecular flexibility index (Phi) is 4.74. The largest absolute Gasteiger partial charge is 0.362 e. The van der Waals surface area contributed by atoms with Gasteiger partial charge in [-0.1, -0.05) is 19.9 Å². The van der Waals surface area contributed by atoms with Crippen LogP contribution in [-0.2, 0) is 0 Å². The molecule has 0 spiro atoms. The maximum absolute atomic E-state index is 5.22. The number of benzene rings is 1. The molecule has 0 radical (unpaired) electrons. The average molecular weight is 236 g/mol. The summed E-state index contributed by atoms with van der Waals surface area (Å²) in [5.74, 6) is 0.596. The number of nitrogens with one attached hydrogen (secondary N) is 2. The molecule has 0 aliphatic rings. The van der Waals surface area contributed by atoms with Crippen LogP contribution in [-0.4, -0.2) is 11.7 Å². The predicted molar refractivity (Wildman–Crippen MR) is 75.0 cm³/mol. The first-order chi connectivity index (χ1) is 7.47. The van der Waals surface area contributed by atoms with Crippen molar-refractivity contribution in [2.75, 3.05) is 11.9 Å². The van der Waals surface area contributed by atoms with Crippen molar-refractivity contribution >= 4 is 23.0 Å². The Labute approximate surface area is 103 Å². The second kappa shape index (κ2) is 5.85. The van der Waals surface area contributed by atoms with Crippen LogP contribution in [0.3, 0.4) is 0 Å². The summed E-state index contributed by atoms with van der Waals surface area (Å²) < 4.78 is 0. The lowest BCUT2D eigenvalue weighted by Gasteiger charge is -2.13. The molecular weight excluding hydrogens is 216 g/mol. The zero-order valence-electron chi connectivity index (χ0n) is 10.4. The van der Waals surface area contributed by atoms with Gasteiger partial charge in [0.2, 0.25) is 0 Å². The van der Waals surface area contributed by atoms with E-state index >= 15 is 0 Å². The van der Waals surface area contributed by atoms with Crippen molar-refractivity contribution in [3.05, 3.63) is 29.3 Å². The zero-order chi connectivity index (χ0) is 12.1. The van der Waals surface area contributed by atoms with E-state index in [-0.39, 0.29) is 0 Å². The van der Waals surface area contributed by atoms with Crippen LogP contribution in [0.5, 0.6) is 0 Å². The summed E-state index contributed by atoms with van der Waals surface area (Å²) in [6, 6.07) is 6.34. The summed E-state index contributed by atoms with van der Waals surface area (Å²) >= 11 is 5.22. The molecule has 0 bridgehead atoms. The van der Waals surface area contributed by atoms with E-state index in [1.165, 1.54) is 11.1 Å². The Morgan fingerprint density at radius 2 is 1.75 bits per heavy atom. The molecule has 3 heteroatoms. The third kappa shape index (κ3) is 4.62. The molecule has 0 aliphatic carbocycles. The van der Waals surface area contributed by atoms with Crippen molar-refractivity contribution in [2.45, 2.75) is 27.7 Å². The highest BCUT2D eigenvalue weighted by atomic mass is 32.1. The van der Waals surface area contributed by atoms with Gasteiger partial charge in [-0.2, -0.15) is 0 Å². The van der Waals surface area contributed by atoms with Gasteiger partial charge in [0.15, 0.2) is 5.11 Å². The van der Waals surface area contributed by atoms with E-state index in [0.29, 0.717) is 11.0 Å². The number of thiocarbonyl (C=S) groups is 1. The molecule has 1 aromatic rings. The smallest absolute Gasteiger partial charge is 0.170 e. The van der Waals surface area contributed by atoms with Crippen molar-refractivity contribution in [3.8, 4) is 0 Å². The molecule has 1 aromatic carbocycles. The van der Waals surface area contributed by atoms with E-state index in [1.54, 1.807) is 0 Å². The van der Waals surface area contributed by atoms with E-state index in [4.69, 9.17) is 12.2 Å². The van der Waals surface area contributed by atoms with Gasteiger partial charge < -0.3 is 10.6 Å². The van der Waals surface area contributed by atoms with Gasteiger partial charge in [0.25, 0.3) is 0 Å². The third-order valence-corrected chi connectivity index (χ3v) is 2.40. The van der Waals surface area contributed by atoms with E-state index in [9.17, 15) is 0 Å². The molecular formula is C13H20N2S. The Morgan fingerprint density at radius 3 is 2.25 bits per heavy atom. The lowest BCUT2D eigenvalue weighted by atomic mass is 10.1. The minimum absolute atomic E-state index is 0.596. The first-order valence-electron chi connectivity index (χ1n) is 5.60. The number of rotatable bonds is 3.